The van der Waals surface area contributed by atoms with E-state index in [1.807, 2.05) is 0 Å². The number of halogens is 1. The second-order valence-corrected chi connectivity index (χ2v) is 5.36. The Bertz CT molecular complexity index is 553. The van der Waals surface area contributed by atoms with Gasteiger partial charge < -0.3 is 4.52 Å². The van der Waals surface area contributed by atoms with Gasteiger partial charge in [-0.25, -0.2) is 0 Å². The van der Waals surface area contributed by atoms with E-state index in [0.29, 0.717) is 17.7 Å². The lowest BCUT2D eigenvalue weighted by atomic mass is 9.82. The lowest BCUT2D eigenvalue weighted by molar-refractivity contribution is 0.368. The summed E-state index contributed by atoms with van der Waals surface area (Å²) < 4.78 is 5.32. The smallest absolute Gasteiger partial charge is 0.226 e. The van der Waals surface area contributed by atoms with Gasteiger partial charge in [0.15, 0.2) is 5.82 Å². The van der Waals surface area contributed by atoms with Gasteiger partial charge in [-0.3, -0.25) is 0 Å². The molecule has 1 unspecified atom stereocenters. The molecular weight excluding hydrogens is 260 g/mol. The van der Waals surface area contributed by atoms with Crippen LogP contribution in [0.1, 0.15) is 48.0 Å². The normalized spacial score (nSPS) is 18.3. The van der Waals surface area contributed by atoms with Crippen LogP contribution in [-0.4, -0.2) is 16.0 Å². The number of aryl methyl sites for hydroxylation is 2. The fourth-order valence-corrected chi connectivity index (χ4v) is 2.88. The van der Waals surface area contributed by atoms with Crippen LogP contribution in [-0.2, 0) is 12.8 Å². The maximum Gasteiger partial charge on any atom is 0.226 e. The van der Waals surface area contributed by atoms with Crippen LogP contribution < -0.4 is 0 Å². The third-order valence-electron chi connectivity index (χ3n) is 3.69. The summed E-state index contributed by atoms with van der Waals surface area (Å²) in [6.07, 6.45) is 5.09. The largest absolute Gasteiger partial charge is 0.339 e. The zero-order valence-electron chi connectivity index (χ0n) is 10.8. The van der Waals surface area contributed by atoms with Crippen LogP contribution in [0.3, 0.4) is 0 Å². The van der Waals surface area contributed by atoms with Crippen LogP contribution in [0.2, 0.25) is 0 Å². The first-order valence-electron chi connectivity index (χ1n) is 6.84. The van der Waals surface area contributed by atoms with Crippen molar-refractivity contribution in [3.05, 3.63) is 47.1 Å². The summed E-state index contributed by atoms with van der Waals surface area (Å²) in [5.74, 6) is 2.46. The van der Waals surface area contributed by atoms with Gasteiger partial charge in [0, 0.05) is 18.2 Å². The molecule has 3 rings (SSSR count). The summed E-state index contributed by atoms with van der Waals surface area (Å²) in [4.78, 5) is 4.53. The molecule has 0 amide bonds. The topological polar surface area (TPSA) is 38.9 Å². The standard InChI is InChI=1S/C15H17ClN2O/c16-10-4-9-14-17-15(18-19-14)13-8-3-6-11-5-1-2-7-12(11)13/h1-2,5,7,13H,3-4,6,8-10H2. The van der Waals surface area contributed by atoms with E-state index in [-0.39, 0.29) is 0 Å². The van der Waals surface area contributed by atoms with Gasteiger partial charge in [-0.1, -0.05) is 29.4 Å². The average Bonchev–Trinajstić information content (AvgIpc) is 2.93. The quantitative estimate of drug-likeness (QED) is 0.799. The molecule has 0 fully saturated rings. The second kappa shape index (κ2) is 5.74. The van der Waals surface area contributed by atoms with Crippen molar-refractivity contribution in [3.63, 3.8) is 0 Å². The van der Waals surface area contributed by atoms with Crippen LogP contribution >= 0.6 is 11.6 Å². The van der Waals surface area contributed by atoms with Gasteiger partial charge in [-0.15, -0.1) is 11.6 Å². The van der Waals surface area contributed by atoms with E-state index in [9.17, 15) is 0 Å². The summed E-state index contributed by atoms with van der Waals surface area (Å²) in [7, 11) is 0. The van der Waals surface area contributed by atoms with Gasteiger partial charge in [0.25, 0.3) is 0 Å². The first kappa shape index (κ1) is 12.7. The molecule has 1 aliphatic rings. The monoisotopic (exact) mass is 276 g/mol. The lowest BCUT2D eigenvalue weighted by Crippen LogP contribution is -2.12. The SMILES string of the molecule is ClCCCc1nc(C2CCCc3ccccc32)no1. The number of alkyl halides is 1. The molecule has 0 saturated heterocycles. The molecule has 19 heavy (non-hydrogen) atoms. The van der Waals surface area contributed by atoms with Crippen LogP contribution in [0, 0.1) is 0 Å². The van der Waals surface area contributed by atoms with Crippen molar-refractivity contribution in [2.75, 3.05) is 5.88 Å². The summed E-state index contributed by atoms with van der Waals surface area (Å²) >= 11 is 5.68. The Morgan fingerprint density at radius 3 is 3.11 bits per heavy atom. The zero-order chi connectivity index (χ0) is 13.1. The van der Waals surface area contributed by atoms with E-state index in [0.717, 1.165) is 31.5 Å². The lowest BCUT2D eigenvalue weighted by Gasteiger charge is -2.22. The summed E-state index contributed by atoms with van der Waals surface area (Å²) in [6, 6.07) is 8.58. The predicted molar refractivity (Wildman–Crippen MR) is 74.6 cm³/mol. The Balaban J connectivity index is 1.85. The van der Waals surface area contributed by atoms with Crippen molar-refractivity contribution in [3.8, 4) is 0 Å². The van der Waals surface area contributed by atoms with Crippen LogP contribution in [0.4, 0.5) is 0 Å². The van der Waals surface area contributed by atoms with E-state index in [1.54, 1.807) is 0 Å². The Hall–Kier alpha value is -1.35. The minimum Gasteiger partial charge on any atom is -0.339 e. The highest BCUT2D eigenvalue weighted by molar-refractivity contribution is 6.17. The summed E-state index contributed by atoms with van der Waals surface area (Å²) in [6.45, 7) is 0. The Morgan fingerprint density at radius 2 is 2.21 bits per heavy atom. The molecule has 100 valence electrons. The second-order valence-electron chi connectivity index (χ2n) is 4.98. The maximum atomic E-state index is 5.68. The summed E-state index contributed by atoms with van der Waals surface area (Å²) in [5.41, 5.74) is 2.78. The Kier molecular flexibility index (Phi) is 3.83. The number of hydrogen-bond acceptors (Lipinski definition) is 3. The van der Waals surface area contributed by atoms with Gasteiger partial charge in [-0.05, 0) is 36.8 Å². The van der Waals surface area contributed by atoms with E-state index in [1.165, 1.54) is 17.5 Å². The number of fused-ring (bicyclic) bond motifs is 1. The highest BCUT2D eigenvalue weighted by Gasteiger charge is 2.25. The van der Waals surface area contributed by atoms with E-state index in [4.69, 9.17) is 16.1 Å². The molecule has 3 nitrogen and oxygen atoms in total. The molecule has 0 bridgehead atoms. The molecule has 1 aliphatic carbocycles. The van der Waals surface area contributed by atoms with Gasteiger partial charge in [0.05, 0.1) is 0 Å². The van der Waals surface area contributed by atoms with Gasteiger partial charge in [-0.2, -0.15) is 4.98 Å². The van der Waals surface area contributed by atoms with Gasteiger partial charge >= 0.3 is 0 Å². The molecule has 2 aromatic rings. The molecule has 0 spiro atoms. The predicted octanol–water partition coefficient (Wildman–Crippen LogP) is 3.71. The van der Waals surface area contributed by atoms with E-state index in [2.05, 4.69) is 34.4 Å². The molecule has 4 heteroatoms. The molecule has 1 aromatic carbocycles. The Morgan fingerprint density at radius 1 is 1.32 bits per heavy atom. The third-order valence-corrected chi connectivity index (χ3v) is 3.96. The molecule has 1 heterocycles. The number of nitrogens with zero attached hydrogens (tertiary/aromatic N) is 2. The highest BCUT2D eigenvalue weighted by atomic mass is 35.5. The fourth-order valence-electron chi connectivity index (χ4n) is 2.75. The first-order chi connectivity index (χ1) is 9.38. The van der Waals surface area contributed by atoms with Crippen LogP contribution in [0.5, 0.6) is 0 Å². The summed E-state index contributed by atoms with van der Waals surface area (Å²) in [5, 5.41) is 4.16. The number of hydrogen-bond donors (Lipinski definition) is 0. The zero-order valence-corrected chi connectivity index (χ0v) is 11.6. The van der Waals surface area contributed by atoms with Gasteiger partial charge in [0.1, 0.15) is 0 Å². The van der Waals surface area contributed by atoms with Crippen molar-refractivity contribution in [1.82, 2.24) is 10.1 Å². The maximum absolute atomic E-state index is 5.68. The third kappa shape index (κ3) is 2.66. The number of aromatic nitrogens is 2. The molecule has 0 N–H and O–H groups in total. The van der Waals surface area contributed by atoms with Crippen molar-refractivity contribution in [2.45, 2.75) is 38.0 Å². The fraction of sp³-hybridized carbons (Fsp3) is 0.467. The molecule has 0 aliphatic heterocycles. The van der Waals surface area contributed by atoms with Crippen LogP contribution in [0.25, 0.3) is 0 Å². The van der Waals surface area contributed by atoms with Crippen molar-refractivity contribution >= 4 is 11.6 Å². The molecule has 0 saturated carbocycles. The van der Waals surface area contributed by atoms with Crippen molar-refractivity contribution < 1.29 is 4.52 Å². The highest BCUT2D eigenvalue weighted by Crippen LogP contribution is 2.35. The molecule has 0 radical (unpaired) electrons. The van der Waals surface area contributed by atoms with E-state index < -0.39 is 0 Å². The minimum atomic E-state index is 0.290. The van der Waals surface area contributed by atoms with Crippen molar-refractivity contribution in [1.29, 1.82) is 0 Å². The molecular formula is C15H17ClN2O. The van der Waals surface area contributed by atoms with Crippen LogP contribution in [0.15, 0.2) is 28.8 Å². The minimum absolute atomic E-state index is 0.290. The average molecular weight is 277 g/mol. The number of benzene rings is 1. The molecule has 1 aromatic heterocycles. The first-order valence-corrected chi connectivity index (χ1v) is 7.38. The molecule has 1 atom stereocenters. The Labute approximate surface area is 118 Å². The van der Waals surface area contributed by atoms with Crippen molar-refractivity contribution in [2.24, 2.45) is 0 Å². The van der Waals surface area contributed by atoms with E-state index >= 15 is 0 Å². The number of rotatable bonds is 4. The van der Waals surface area contributed by atoms with Gasteiger partial charge in [0.2, 0.25) is 5.89 Å².